The fourth-order valence-electron chi connectivity index (χ4n) is 1.84. The average molecular weight is 277 g/mol. The van der Waals surface area contributed by atoms with Crippen LogP contribution in [0.15, 0.2) is 54.6 Å². The molecule has 104 valence electrons. The zero-order valence-electron chi connectivity index (χ0n) is 11.7. The highest BCUT2D eigenvalue weighted by Crippen LogP contribution is 2.07. The van der Waals surface area contributed by atoms with Gasteiger partial charge in [0.25, 0.3) is 0 Å². The first-order valence-corrected chi connectivity index (χ1v) is 6.58. The van der Waals surface area contributed by atoms with Gasteiger partial charge >= 0.3 is 5.97 Å². The molecule has 21 heavy (non-hydrogen) atoms. The average Bonchev–Trinajstić information content (AvgIpc) is 2.51. The summed E-state index contributed by atoms with van der Waals surface area (Å²) in [4.78, 5) is 11.6. The largest absolute Gasteiger partial charge is 0.458 e. The minimum atomic E-state index is -0.388. The van der Waals surface area contributed by atoms with Crippen LogP contribution in [0.5, 0.6) is 0 Å². The maximum Gasteiger partial charge on any atom is 0.331 e. The van der Waals surface area contributed by atoms with Crippen LogP contribution in [-0.2, 0) is 16.1 Å². The number of rotatable bonds is 4. The van der Waals surface area contributed by atoms with E-state index in [1.807, 2.05) is 37.3 Å². The summed E-state index contributed by atoms with van der Waals surface area (Å²) < 4.78 is 5.17. The second kappa shape index (κ2) is 7.06. The van der Waals surface area contributed by atoms with Crippen molar-refractivity contribution in [3.05, 3.63) is 76.9 Å². The van der Waals surface area contributed by atoms with Crippen molar-refractivity contribution in [1.29, 1.82) is 5.26 Å². The van der Waals surface area contributed by atoms with Gasteiger partial charge in [0.05, 0.1) is 11.6 Å². The standard InChI is InChI=1S/C18H15NO2/c1-14-3-2-4-17(11-14)13-21-18(20)10-9-15-5-7-16(12-19)8-6-15/h2-11H,13H2,1H3/b10-9+. The van der Waals surface area contributed by atoms with Gasteiger partial charge in [-0.1, -0.05) is 42.0 Å². The summed E-state index contributed by atoms with van der Waals surface area (Å²) in [5, 5.41) is 8.70. The minimum Gasteiger partial charge on any atom is -0.458 e. The molecule has 0 spiro atoms. The number of nitriles is 1. The van der Waals surface area contributed by atoms with Gasteiger partial charge in [-0.3, -0.25) is 0 Å². The van der Waals surface area contributed by atoms with Crippen molar-refractivity contribution >= 4 is 12.0 Å². The number of hydrogen-bond donors (Lipinski definition) is 0. The summed E-state index contributed by atoms with van der Waals surface area (Å²) in [6, 6.07) is 16.9. The fourth-order valence-corrected chi connectivity index (χ4v) is 1.84. The first kappa shape index (κ1) is 14.5. The number of esters is 1. The van der Waals surface area contributed by atoms with Gasteiger partial charge in [-0.25, -0.2) is 4.79 Å². The molecular formula is C18H15NO2. The Morgan fingerprint density at radius 3 is 2.67 bits per heavy atom. The Morgan fingerprint density at radius 1 is 1.24 bits per heavy atom. The van der Waals surface area contributed by atoms with Gasteiger partial charge in [-0.2, -0.15) is 5.26 Å². The van der Waals surface area contributed by atoms with E-state index in [9.17, 15) is 4.79 Å². The van der Waals surface area contributed by atoms with E-state index in [2.05, 4.69) is 0 Å². The number of nitrogens with zero attached hydrogens (tertiary/aromatic N) is 1. The van der Waals surface area contributed by atoms with Gasteiger partial charge in [0, 0.05) is 6.08 Å². The molecule has 0 saturated heterocycles. The third-order valence-corrected chi connectivity index (χ3v) is 2.92. The van der Waals surface area contributed by atoms with Crippen LogP contribution in [0, 0.1) is 18.3 Å². The minimum absolute atomic E-state index is 0.262. The number of hydrogen-bond acceptors (Lipinski definition) is 3. The fraction of sp³-hybridized carbons (Fsp3) is 0.111. The molecule has 0 bridgehead atoms. The molecule has 0 atom stereocenters. The highest BCUT2D eigenvalue weighted by atomic mass is 16.5. The maximum atomic E-state index is 11.6. The lowest BCUT2D eigenvalue weighted by molar-refractivity contribution is -0.138. The van der Waals surface area contributed by atoms with Crippen molar-refractivity contribution in [2.75, 3.05) is 0 Å². The van der Waals surface area contributed by atoms with Crippen molar-refractivity contribution in [2.45, 2.75) is 13.5 Å². The third kappa shape index (κ3) is 4.63. The molecule has 0 saturated carbocycles. The summed E-state index contributed by atoms with van der Waals surface area (Å²) in [6.07, 6.45) is 3.05. The van der Waals surface area contributed by atoms with E-state index in [-0.39, 0.29) is 12.6 Å². The SMILES string of the molecule is Cc1cccc(COC(=O)/C=C/c2ccc(C#N)cc2)c1. The van der Waals surface area contributed by atoms with Crippen LogP contribution in [0.2, 0.25) is 0 Å². The zero-order chi connectivity index (χ0) is 15.1. The molecule has 0 aromatic heterocycles. The molecule has 2 rings (SSSR count). The Labute approximate surface area is 124 Å². The van der Waals surface area contributed by atoms with Crippen LogP contribution in [-0.4, -0.2) is 5.97 Å². The summed E-state index contributed by atoms with van der Waals surface area (Å²) in [6.45, 7) is 2.26. The smallest absolute Gasteiger partial charge is 0.331 e. The van der Waals surface area contributed by atoms with Crippen molar-refractivity contribution in [1.82, 2.24) is 0 Å². The van der Waals surface area contributed by atoms with E-state index in [0.717, 1.165) is 16.7 Å². The number of ether oxygens (including phenoxy) is 1. The highest BCUT2D eigenvalue weighted by molar-refractivity contribution is 5.87. The summed E-state index contributed by atoms with van der Waals surface area (Å²) in [7, 11) is 0. The van der Waals surface area contributed by atoms with Gasteiger partial charge in [0.2, 0.25) is 0 Å². The topological polar surface area (TPSA) is 50.1 Å². The van der Waals surface area contributed by atoms with Crippen LogP contribution in [0.4, 0.5) is 0 Å². The molecule has 2 aromatic rings. The predicted octanol–water partition coefficient (Wildman–Crippen LogP) is 3.62. The number of aryl methyl sites for hydroxylation is 1. The van der Waals surface area contributed by atoms with Crippen LogP contribution >= 0.6 is 0 Å². The number of benzene rings is 2. The second-order valence-electron chi connectivity index (χ2n) is 4.66. The summed E-state index contributed by atoms with van der Waals surface area (Å²) >= 11 is 0. The van der Waals surface area contributed by atoms with Crippen molar-refractivity contribution in [3.8, 4) is 6.07 Å². The Hall–Kier alpha value is -2.86. The summed E-state index contributed by atoms with van der Waals surface area (Å²) in [5.74, 6) is -0.388. The van der Waals surface area contributed by atoms with E-state index < -0.39 is 0 Å². The summed E-state index contributed by atoms with van der Waals surface area (Å²) in [5.41, 5.74) is 3.54. The molecule has 3 heteroatoms. The molecule has 0 unspecified atom stereocenters. The van der Waals surface area contributed by atoms with Crippen LogP contribution in [0.25, 0.3) is 6.08 Å². The van der Waals surface area contributed by atoms with Crippen LogP contribution in [0.3, 0.4) is 0 Å². The molecular weight excluding hydrogens is 262 g/mol. The van der Waals surface area contributed by atoms with E-state index in [1.54, 1.807) is 30.3 Å². The number of carbonyl (C=O) groups excluding carboxylic acids is 1. The number of carbonyl (C=O) groups is 1. The molecule has 0 heterocycles. The lowest BCUT2D eigenvalue weighted by atomic mass is 10.1. The Balaban J connectivity index is 1.89. The molecule has 0 fully saturated rings. The predicted molar refractivity (Wildman–Crippen MR) is 81.2 cm³/mol. The quantitative estimate of drug-likeness (QED) is 0.633. The molecule has 3 nitrogen and oxygen atoms in total. The van der Waals surface area contributed by atoms with Gasteiger partial charge < -0.3 is 4.74 Å². The Bertz CT molecular complexity index is 694. The molecule has 0 amide bonds. The van der Waals surface area contributed by atoms with Crippen LogP contribution in [0.1, 0.15) is 22.3 Å². The molecule has 0 aliphatic rings. The Morgan fingerprint density at radius 2 is 2.00 bits per heavy atom. The molecule has 0 radical (unpaired) electrons. The lowest BCUT2D eigenvalue weighted by Crippen LogP contribution is -2.00. The van der Waals surface area contributed by atoms with Crippen molar-refractivity contribution in [2.24, 2.45) is 0 Å². The van der Waals surface area contributed by atoms with E-state index in [1.165, 1.54) is 6.08 Å². The van der Waals surface area contributed by atoms with E-state index in [4.69, 9.17) is 10.00 Å². The molecule has 2 aromatic carbocycles. The maximum absolute atomic E-state index is 11.6. The Kier molecular flexibility index (Phi) is 4.89. The molecule has 0 aliphatic carbocycles. The zero-order valence-corrected chi connectivity index (χ0v) is 11.7. The lowest BCUT2D eigenvalue weighted by Gasteiger charge is -2.03. The van der Waals surface area contributed by atoms with Gasteiger partial charge in [-0.05, 0) is 36.3 Å². The van der Waals surface area contributed by atoms with E-state index in [0.29, 0.717) is 5.56 Å². The van der Waals surface area contributed by atoms with Gasteiger partial charge in [0.15, 0.2) is 0 Å². The molecule has 0 aliphatic heterocycles. The molecule has 0 N–H and O–H groups in total. The van der Waals surface area contributed by atoms with Crippen molar-refractivity contribution < 1.29 is 9.53 Å². The highest BCUT2D eigenvalue weighted by Gasteiger charge is 1.99. The second-order valence-corrected chi connectivity index (χ2v) is 4.66. The monoisotopic (exact) mass is 277 g/mol. The normalized spacial score (nSPS) is 10.3. The van der Waals surface area contributed by atoms with Crippen molar-refractivity contribution in [3.63, 3.8) is 0 Å². The first-order chi connectivity index (χ1) is 10.2. The van der Waals surface area contributed by atoms with Crippen LogP contribution < -0.4 is 0 Å². The van der Waals surface area contributed by atoms with E-state index >= 15 is 0 Å². The third-order valence-electron chi connectivity index (χ3n) is 2.92. The van der Waals surface area contributed by atoms with Gasteiger partial charge in [0.1, 0.15) is 6.61 Å². The van der Waals surface area contributed by atoms with Gasteiger partial charge in [-0.15, -0.1) is 0 Å². The first-order valence-electron chi connectivity index (χ1n) is 6.58.